The lowest BCUT2D eigenvalue weighted by Gasteiger charge is -2.24. The van der Waals surface area contributed by atoms with Gasteiger partial charge < -0.3 is 14.0 Å². The van der Waals surface area contributed by atoms with E-state index in [0.29, 0.717) is 37.0 Å². The first-order valence-electron chi connectivity index (χ1n) is 10.3. The summed E-state index contributed by atoms with van der Waals surface area (Å²) < 4.78 is 18.8. The van der Waals surface area contributed by atoms with Gasteiger partial charge in [0.15, 0.2) is 5.69 Å². The van der Waals surface area contributed by atoms with Crippen LogP contribution in [0.1, 0.15) is 34.4 Å². The molecule has 0 N–H and O–H groups in total. The molecule has 0 radical (unpaired) electrons. The average molecular weight is 417 g/mol. The molecule has 0 bridgehead atoms. The molecule has 4 aromatic rings. The van der Waals surface area contributed by atoms with Crippen molar-refractivity contribution < 1.29 is 14.0 Å². The minimum atomic E-state index is -0.0515. The molecule has 3 heterocycles. The average Bonchev–Trinajstić information content (AvgIpc) is 3.44. The van der Waals surface area contributed by atoms with Crippen LogP contribution in [0.15, 0.2) is 53.1 Å². The van der Waals surface area contributed by atoms with E-state index in [2.05, 4.69) is 51.6 Å². The third-order valence-electron chi connectivity index (χ3n) is 5.53. The maximum absolute atomic E-state index is 6.09. The summed E-state index contributed by atoms with van der Waals surface area (Å²) in [6.45, 7) is 3.07. The second-order valence-electron chi connectivity index (χ2n) is 7.60. The highest BCUT2D eigenvalue weighted by molar-refractivity contribution is 5.51. The number of nitrogens with zero attached hydrogens (tertiary/aromatic N) is 5. The Morgan fingerprint density at radius 2 is 1.94 bits per heavy atom. The van der Waals surface area contributed by atoms with Crippen molar-refractivity contribution in [3.63, 3.8) is 0 Å². The fourth-order valence-corrected chi connectivity index (χ4v) is 3.77. The molecule has 0 spiro atoms. The van der Waals surface area contributed by atoms with Gasteiger partial charge in [0.25, 0.3) is 0 Å². The standard InChI is InChI=1S/C23H23N5O3/c1-15-7-9-17(10-8-15)20-13-28-18(14-30-20)22(25-27-28)23-24-21(31-26-23)12-11-16-5-3-4-6-19(16)29-2/h3-10,20H,11-14H2,1-2H3/t20-/m0/s1. The van der Waals surface area contributed by atoms with Gasteiger partial charge in [-0.2, -0.15) is 4.98 Å². The molecule has 0 saturated carbocycles. The minimum Gasteiger partial charge on any atom is -0.496 e. The quantitative estimate of drug-likeness (QED) is 0.473. The minimum absolute atomic E-state index is 0.0515. The van der Waals surface area contributed by atoms with Gasteiger partial charge in [0.1, 0.15) is 11.9 Å². The van der Waals surface area contributed by atoms with Crippen LogP contribution in [-0.2, 0) is 30.7 Å². The number of aromatic nitrogens is 5. The van der Waals surface area contributed by atoms with E-state index in [1.54, 1.807) is 7.11 Å². The molecule has 1 aliphatic rings. The third kappa shape index (κ3) is 3.94. The highest BCUT2D eigenvalue weighted by Gasteiger charge is 2.27. The summed E-state index contributed by atoms with van der Waals surface area (Å²) in [7, 11) is 1.67. The monoisotopic (exact) mass is 417 g/mol. The van der Waals surface area contributed by atoms with Crippen LogP contribution in [-0.4, -0.2) is 32.2 Å². The molecule has 1 atom stereocenters. The first kappa shape index (κ1) is 19.4. The molecule has 2 aromatic heterocycles. The van der Waals surface area contributed by atoms with Crippen molar-refractivity contribution in [2.45, 2.75) is 39.0 Å². The van der Waals surface area contributed by atoms with E-state index in [0.717, 1.165) is 29.0 Å². The first-order valence-corrected chi connectivity index (χ1v) is 10.3. The molecule has 0 saturated heterocycles. The van der Waals surface area contributed by atoms with Gasteiger partial charge in [-0.1, -0.05) is 58.4 Å². The van der Waals surface area contributed by atoms with Crippen molar-refractivity contribution in [2.75, 3.05) is 7.11 Å². The van der Waals surface area contributed by atoms with Gasteiger partial charge in [0, 0.05) is 6.42 Å². The number of aryl methyl sites for hydroxylation is 3. The van der Waals surface area contributed by atoms with Crippen molar-refractivity contribution in [1.29, 1.82) is 0 Å². The van der Waals surface area contributed by atoms with E-state index >= 15 is 0 Å². The van der Waals surface area contributed by atoms with Crippen molar-refractivity contribution >= 4 is 0 Å². The largest absolute Gasteiger partial charge is 0.496 e. The van der Waals surface area contributed by atoms with E-state index in [9.17, 15) is 0 Å². The topological polar surface area (TPSA) is 88.1 Å². The summed E-state index contributed by atoms with van der Waals surface area (Å²) >= 11 is 0. The highest BCUT2D eigenvalue weighted by Crippen LogP contribution is 2.30. The number of methoxy groups -OCH3 is 1. The third-order valence-corrected chi connectivity index (χ3v) is 5.53. The smallest absolute Gasteiger partial charge is 0.227 e. The Morgan fingerprint density at radius 3 is 2.77 bits per heavy atom. The van der Waals surface area contributed by atoms with Crippen molar-refractivity contribution in [1.82, 2.24) is 25.1 Å². The fourth-order valence-electron chi connectivity index (χ4n) is 3.77. The van der Waals surface area contributed by atoms with E-state index in [1.807, 2.05) is 28.9 Å². The molecule has 0 fully saturated rings. The number of benzene rings is 2. The molecular weight excluding hydrogens is 394 g/mol. The van der Waals surface area contributed by atoms with Crippen LogP contribution < -0.4 is 4.74 Å². The second kappa shape index (κ2) is 8.31. The predicted molar refractivity (Wildman–Crippen MR) is 112 cm³/mol. The zero-order chi connectivity index (χ0) is 21.2. The Kier molecular flexibility index (Phi) is 5.21. The summed E-state index contributed by atoms with van der Waals surface area (Å²) in [5.74, 6) is 1.85. The maximum Gasteiger partial charge on any atom is 0.227 e. The van der Waals surface area contributed by atoms with E-state index < -0.39 is 0 Å². The lowest BCUT2D eigenvalue weighted by molar-refractivity contribution is -0.00112. The first-order chi connectivity index (χ1) is 15.2. The number of para-hydroxylation sites is 1. The van der Waals surface area contributed by atoms with Crippen LogP contribution >= 0.6 is 0 Å². The number of ether oxygens (including phenoxy) is 2. The van der Waals surface area contributed by atoms with Crippen LogP contribution in [0.5, 0.6) is 5.75 Å². The van der Waals surface area contributed by atoms with E-state index in [1.165, 1.54) is 5.56 Å². The van der Waals surface area contributed by atoms with Crippen molar-refractivity contribution in [3.8, 4) is 17.3 Å². The van der Waals surface area contributed by atoms with Gasteiger partial charge in [-0.25, -0.2) is 4.68 Å². The summed E-state index contributed by atoms with van der Waals surface area (Å²) in [6, 6.07) is 16.3. The second-order valence-corrected chi connectivity index (χ2v) is 7.60. The number of hydrogen-bond acceptors (Lipinski definition) is 7. The Labute approximate surface area is 179 Å². The summed E-state index contributed by atoms with van der Waals surface area (Å²) in [5, 5.41) is 12.7. The Morgan fingerprint density at radius 1 is 1.10 bits per heavy atom. The predicted octanol–water partition coefficient (Wildman–Crippen LogP) is 3.70. The molecule has 0 aliphatic carbocycles. The van der Waals surface area contributed by atoms with Gasteiger partial charge in [-0.3, -0.25) is 0 Å². The maximum atomic E-state index is 6.09. The molecule has 31 heavy (non-hydrogen) atoms. The Hall–Kier alpha value is -3.52. The molecule has 8 heteroatoms. The Bertz CT molecular complexity index is 1180. The van der Waals surface area contributed by atoms with Crippen molar-refractivity contribution in [2.24, 2.45) is 0 Å². The van der Waals surface area contributed by atoms with Gasteiger partial charge in [0.05, 0.1) is 26.0 Å². The van der Waals surface area contributed by atoms with E-state index in [4.69, 9.17) is 14.0 Å². The lowest BCUT2D eigenvalue weighted by Crippen LogP contribution is -2.22. The molecule has 0 amide bonds. The molecule has 1 aliphatic heterocycles. The zero-order valence-corrected chi connectivity index (χ0v) is 17.5. The number of hydrogen-bond donors (Lipinski definition) is 0. The summed E-state index contributed by atoms with van der Waals surface area (Å²) in [5.41, 5.74) is 4.92. The fraction of sp³-hybridized carbons (Fsp3) is 0.304. The molecule has 5 rings (SSSR count). The van der Waals surface area contributed by atoms with Crippen LogP contribution in [0.3, 0.4) is 0 Å². The van der Waals surface area contributed by atoms with Crippen LogP contribution in [0.2, 0.25) is 0 Å². The Balaban J connectivity index is 1.29. The molecule has 158 valence electrons. The van der Waals surface area contributed by atoms with Crippen molar-refractivity contribution in [3.05, 3.63) is 76.8 Å². The highest BCUT2D eigenvalue weighted by atomic mass is 16.5. The van der Waals surface area contributed by atoms with Gasteiger partial charge >= 0.3 is 0 Å². The van der Waals surface area contributed by atoms with Gasteiger partial charge in [-0.15, -0.1) is 5.10 Å². The number of fused-ring (bicyclic) bond motifs is 1. The molecule has 0 unspecified atom stereocenters. The molecule has 2 aromatic carbocycles. The van der Waals surface area contributed by atoms with Crippen LogP contribution in [0.25, 0.3) is 11.5 Å². The zero-order valence-electron chi connectivity index (χ0n) is 17.5. The van der Waals surface area contributed by atoms with Crippen LogP contribution in [0.4, 0.5) is 0 Å². The summed E-state index contributed by atoms with van der Waals surface area (Å²) in [4.78, 5) is 4.53. The summed E-state index contributed by atoms with van der Waals surface area (Å²) in [6.07, 6.45) is 1.30. The molecular formula is C23H23N5O3. The number of rotatable bonds is 6. The van der Waals surface area contributed by atoms with Gasteiger partial charge in [-0.05, 0) is 30.5 Å². The normalized spacial score (nSPS) is 15.6. The SMILES string of the molecule is COc1ccccc1CCc1nc(-c2nnn3c2CO[C@H](c2ccc(C)cc2)C3)no1. The lowest BCUT2D eigenvalue weighted by atomic mass is 10.1. The van der Waals surface area contributed by atoms with E-state index in [-0.39, 0.29) is 6.10 Å². The van der Waals surface area contributed by atoms with Gasteiger partial charge in [0.2, 0.25) is 11.7 Å². The van der Waals surface area contributed by atoms with Crippen LogP contribution in [0, 0.1) is 6.92 Å². The molecule has 8 nitrogen and oxygen atoms in total.